The lowest BCUT2D eigenvalue weighted by molar-refractivity contribution is 0.0946. The van der Waals surface area contributed by atoms with Gasteiger partial charge in [-0.25, -0.2) is 9.97 Å². The first-order valence-electron chi connectivity index (χ1n) is 6.37. The van der Waals surface area contributed by atoms with Gasteiger partial charge in [0.2, 0.25) is 0 Å². The van der Waals surface area contributed by atoms with Crippen LogP contribution in [0, 0.1) is 0 Å². The summed E-state index contributed by atoms with van der Waals surface area (Å²) in [6, 6.07) is 9.26. The molecule has 0 saturated heterocycles. The van der Waals surface area contributed by atoms with Crippen molar-refractivity contribution in [3.8, 4) is 0 Å². The fourth-order valence-corrected chi connectivity index (χ4v) is 1.92. The number of carbonyl (C=O) groups is 1. The first-order chi connectivity index (χ1) is 9.72. The molecule has 1 aromatic carbocycles. The van der Waals surface area contributed by atoms with E-state index in [9.17, 15) is 4.79 Å². The van der Waals surface area contributed by atoms with E-state index in [2.05, 4.69) is 20.6 Å². The van der Waals surface area contributed by atoms with E-state index in [1.165, 1.54) is 6.33 Å². The van der Waals surface area contributed by atoms with Crippen LogP contribution in [0.5, 0.6) is 0 Å². The highest BCUT2D eigenvalue weighted by molar-refractivity contribution is 6.33. The number of para-hydroxylation sites is 1. The van der Waals surface area contributed by atoms with Gasteiger partial charge in [-0.1, -0.05) is 23.7 Å². The molecule has 1 aliphatic rings. The number of anilines is 2. The Morgan fingerprint density at radius 2 is 2.05 bits per heavy atom. The number of amides is 1. The Morgan fingerprint density at radius 3 is 2.80 bits per heavy atom. The summed E-state index contributed by atoms with van der Waals surface area (Å²) in [6.45, 7) is 0. The first-order valence-corrected chi connectivity index (χ1v) is 6.74. The minimum atomic E-state index is -0.169. The van der Waals surface area contributed by atoms with Crippen molar-refractivity contribution in [1.82, 2.24) is 15.3 Å². The summed E-state index contributed by atoms with van der Waals surface area (Å²) < 4.78 is 0. The Labute approximate surface area is 121 Å². The van der Waals surface area contributed by atoms with E-state index >= 15 is 0 Å². The summed E-state index contributed by atoms with van der Waals surface area (Å²) in [6.07, 6.45) is 3.45. The predicted octanol–water partition coefficient (Wildman–Crippen LogP) is 2.77. The molecule has 0 unspecified atom stereocenters. The van der Waals surface area contributed by atoms with E-state index in [-0.39, 0.29) is 5.91 Å². The normalized spacial score (nSPS) is 13.8. The molecular formula is C14H13ClN4O. The van der Waals surface area contributed by atoms with Crippen LogP contribution < -0.4 is 10.6 Å². The van der Waals surface area contributed by atoms with Gasteiger partial charge >= 0.3 is 0 Å². The smallest absolute Gasteiger partial charge is 0.270 e. The van der Waals surface area contributed by atoms with Crippen LogP contribution in [0.1, 0.15) is 23.3 Å². The van der Waals surface area contributed by atoms with Crippen molar-refractivity contribution < 1.29 is 4.79 Å². The number of nitrogens with zero attached hydrogens (tertiary/aromatic N) is 2. The molecule has 3 rings (SSSR count). The molecule has 1 amide bonds. The maximum atomic E-state index is 11.9. The molecule has 6 heteroatoms. The fourth-order valence-electron chi connectivity index (χ4n) is 1.74. The summed E-state index contributed by atoms with van der Waals surface area (Å²) in [5.41, 5.74) is 1.09. The van der Waals surface area contributed by atoms with Gasteiger partial charge in [-0.15, -0.1) is 0 Å². The number of nitrogens with one attached hydrogen (secondary N) is 2. The number of halogens is 1. The van der Waals surface area contributed by atoms with E-state index in [4.69, 9.17) is 11.6 Å². The van der Waals surface area contributed by atoms with Gasteiger partial charge in [0.05, 0.1) is 10.7 Å². The largest absolute Gasteiger partial charge is 0.348 e. The molecule has 0 aliphatic heterocycles. The molecule has 1 aliphatic carbocycles. The molecule has 0 radical (unpaired) electrons. The number of aromatic nitrogens is 2. The molecule has 1 saturated carbocycles. The number of rotatable bonds is 4. The average molecular weight is 289 g/mol. The van der Waals surface area contributed by atoms with Crippen molar-refractivity contribution in [2.24, 2.45) is 0 Å². The lowest BCUT2D eigenvalue weighted by atomic mass is 10.3. The maximum absolute atomic E-state index is 11.9. The zero-order chi connectivity index (χ0) is 13.9. The summed E-state index contributed by atoms with van der Waals surface area (Å²) >= 11 is 6.07. The molecular weight excluding hydrogens is 276 g/mol. The van der Waals surface area contributed by atoms with Crippen LogP contribution in [0.4, 0.5) is 11.5 Å². The van der Waals surface area contributed by atoms with Crippen molar-refractivity contribution in [2.75, 3.05) is 5.32 Å². The molecule has 2 aromatic rings. The highest BCUT2D eigenvalue weighted by Gasteiger charge is 2.24. The van der Waals surface area contributed by atoms with Gasteiger partial charge in [-0.2, -0.15) is 0 Å². The van der Waals surface area contributed by atoms with Gasteiger partial charge in [0.1, 0.15) is 17.8 Å². The lowest BCUT2D eigenvalue weighted by Gasteiger charge is -2.08. The maximum Gasteiger partial charge on any atom is 0.270 e. The molecule has 20 heavy (non-hydrogen) atoms. The zero-order valence-electron chi connectivity index (χ0n) is 10.6. The molecule has 1 heterocycles. The van der Waals surface area contributed by atoms with Crippen LogP contribution in [-0.2, 0) is 0 Å². The summed E-state index contributed by atoms with van der Waals surface area (Å²) in [4.78, 5) is 20.0. The van der Waals surface area contributed by atoms with Crippen LogP contribution in [0.3, 0.4) is 0 Å². The van der Waals surface area contributed by atoms with Crippen molar-refractivity contribution in [1.29, 1.82) is 0 Å². The number of hydrogen-bond donors (Lipinski definition) is 2. The standard InChI is InChI=1S/C14H13ClN4O/c15-10-3-1-2-4-11(10)19-13-7-12(16-8-17-13)14(20)18-9-5-6-9/h1-4,7-9H,5-6H2,(H,18,20)(H,16,17,19). The minimum Gasteiger partial charge on any atom is -0.348 e. The second-order valence-electron chi connectivity index (χ2n) is 4.64. The van der Waals surface area contributed by atoms with Crippen LogP contribution in [0.2, 0.25) is 5.02 Å². The van der Waals surface area contributed by atoms with Gasteiger partial charge in [-0.05, 0) is 25.0 Å². The minimum absolute atomic E-state index is 0.169. The third-order valence-corrected chi connectivity index (χ3v) is 3.28. The Morgan fingerprint density at radius 1 is 1.25 bits per heavy atom. The van der Waals surface area contributed by atoms with E-state index in [0.717, 1.165) is 18.5 Å². The number of hydrogen-bond acceptors (Lipinski definition) is 4. The second kappa shape index (κ2) is 5.46. The molecule has 102 valence electrons. The van der Waals surface area contributed by atoms with Crippen LogP contribution >= 0.6 is 11.6 Å². The van der Waals surface area contributed by atoms with Crippen LogP contribution in [0.15, 0.2) is 36.7 Å². The Kier molecular flexibility index (Phi) is 3.52. The quantitative estimate of drug-likeness (QED) is 0.908. The van der Waals surface area contributed by atoms with E-state index < -0.39 is 0 Å². The van der Waals surface area contributed by atoms with Gasteiger partial charge < -0.3 is 10.6 Å². The van der Waals surface area contributed by atoms with Gasteiger partial charge in [0, 0.05) is 12.1 Å². The molecule has 2 N–H and O–H groups in total. The van der Waals surface area contributed by atoms with Crippen molar-refractivity contribution in [3.05, 3.63) is 47.4 Å². The molecule has 0 atom stereocenters. The number of carbonyl (C=O) groups excluding carboxylic acids is 1. The Bertz CT molecular complexity index is 643. The third-order valence-electron chi connectivity index (χ3n) is 2.95. The van der Waals surface area contributed by atoms with E-state index in [1.807, 2.05) is 18.2 Å². The van der Waals surface area contributed by atoms with E-state index in [0.29, 0.717) is 22.6 Å². The van der Waals surface area contributed by atoms with Crippen LogP contribution in [-0.4, -0.2) is 21.9 Å². The molecule has 0 spiro atoms. The molecule has 1 aromatic heterocycles. The predicted molar refractivity (Wildman–Crippen MR) is 77.3 cm³/mol. The van der Waals surface area contributed by atoms with Crippen molar-refractivity contribution in [3.63, 3.8) is 0 Å². The SMILES string of the molecule is O=C(NC1CC1)c1cc(Nc2ccccc2Cl)ncn1. The van der Waals surface area contributed by atoms with E-state index in [1.54, 1.807) is 12.1 Å². The zero-order valence-corrected chi connectivity index (χ0v) is 11.4. The van der Waals surface area contributed by atoms with Crippen molar-refractivity contribution in [2.45, 2.75) is 18.9 Å². The topological polar surface area (TPSA) is 66.9 Å². The van der Waals surface area contributed by atoms with Gasteiger partial charge in [-0.3, -0.25) is 4.79 Å². The second-order valence-corrected chi connectivity index (χ2v) is 5.05. The highest BCUT2D eigenvalue weighted by atomic mass is 35.5. The third kappa shape index (κ3) is 3.05. The lowest BCUT2D eigenvalue weighted by Crippen LogP contribution is -2.26. The summed E-state index contributed by atoms with van der Waals surface area (Å²) in [7, 11) is 0. The molecule has 5 nitrogen and oxygen atoms in total. The number of benzene rings is 1. The summed E-state index contributed by atoms with van der Waals surface area (Å²) in [5.74, 6) is 0.367. The van der Waals surface area contributed by atoms with Gasteiger partial charge in [0.15, 0.2) is 0 Å². The van der Waals surface area contributed by atoms with Crippen molar-refractivity contribution >= 4 is 29.0 Å². The monoisotopic (exact) mass is 288 g/mol. The summed E-state index contributed by atoms with van der Waals surface area (Å²) in [5, 5.41) is 6.56. The first kappa shape index (κ1) is 12.9. The Balaban J connectivity index is 1.77. The Hall–Kier alpha value is -2.14. The average Bonchev–Trinajstić information content (AvgIpc) is 3.26. The van der Waals surface area contributed by atoms with Crippen LogP contribution in [0.25, 0.3) is 0 Å². The van der Waals surface area contributed by atoms with Gasteiger partial charge in [0.25, 0.3) is 5.91 Å². The molecule has 1 fully saturated rings. The highest BCUT2D eigenvalue weighted by Crippen LogP contribution is 2.24. The fraction of sp³-hybridized carbons (Fsp3) is 0.214. The molecule has 0 bridgehead atoms.